The fourth-order valence-electron chi connectivity index (χ4n) is 15.8. The molecular formula is C70H91N14O49P7S-2. The molecule has 7 aliphatic rings. The number of hydrogen-bond donors (Lipinski definition) is 14. The van der Waals surface area contributed by atoms with Crippen molar-refractivity contribution in [2.75, 3.05) is 46.2 Å². The number of aliphatic hydroxyl groups excluding tert-OH is 1. The van der Waals surface area contributed by atoms with Gasteiger partial charge < -0.3 is 90.1 Å². The van der Waals surface area contributed by atoms with Crippen LogP contribution in [-0.4, -0.2) is 243 Å². The van der Waals surface area contributed by atoms with E-state index in [9.17, 15) is 139 Å². The van der Waals surface area contributed by atoms with Gasteiger partial charge in [0.25, 0.3) is 34.9 Å². The highest BCUT2D eigenvalue weighted by Crippen LogP contribution is 2.59. The summed E-state index contributed by atoms with van der Waals surface area (Å²) < 4.78 is 203. The molecule has 7 saturated heterocycles. The highest BCUT2D eigenvalue weighted by Gasteiger charge is 2.54. The maximum Gasteiger partial charge on any atom is 0.472 e. The Morgan fingerprint density at radius 1 is 0.326 bits per heavy atom. The first-order valence-corrected chi connectivity index (χ1v) is 53.5. The van der Waals surface area contributed by atoms with Gasteiger partial charge in [-0.3, -0.25) is 135 Å². The summed E-state index contributed by atoms with van der Waals surface area (Å²) in [4.78, 5) is 261. The number of aromatic amines is 5. The van der Waals surface area contributed by atoms with Gasteiger partial charge >= 0.3 is 86.8 Å². The fourth-order valence-corrected chi connectivity index (χ4v) is 22.5. The normalized spacial score (nSPS) is 29.6. The van der Waals surface area contributed by atoms with Crippen LogP contribution in [0.1, 0.15) is 127 Å². The summed E-state index contributed by atoms with van der Waals surface area (Å²) in [6.45, 7) is 0.950. The van der Waals surface area contributed by atoms with Gasteiger partial charge in [-0.25, -0.2) is 80.7 Å². The summed E-state index contributed by atoms with van der Waals surface area (Å²) in [6, 6.07) is 0. The van der Waals surface area contributed by atoms with Crippen molar-refractivity contribution in [2.24, 2.45) is 0 Å². The van der Waals surface area contributed by atoms with E-state index in [1.54, 1.807) is 0 Å². The third kappa shape index (κ3) is 26.6. The monoisotopic (exact) mass is 2160 g/mol. The standard InChI is InChI=1S/C70H93N14O49P7S/c1-29-15-78(64(93)71-57(29)86)50-8-36(43(22-85)120-50)127-134(100,101)114-23-44-37(9-51(121-44)79-16-30(2)58(87)72-65(79)94)128-135(102,103)115-24-45-38(10-52(122-45)80-17-31(3)59(88)73-66(80)95)129-136(104,105)116-25-46-39(11-53(123-46)81-18-32(4)60(89)74-67(81)96)130-137(106,107)117-26-47-40(12-54(124-47)82-19-33(5)61(90)75-68(82)97)131-138(108,109)118-27-48-41(13-55(125-48)83-20-34(6)62(91)76-69(83)98)132-139(110,111)119-28-49-42(133-140(112,113)141)14-56(126-49)84-21-35(7)63(92)77-70(84)99/h15-21,36-56,85H,8-14,22-28H2,1-7H3,(H,100,101)(H,102,103)(H,104,105)(H,106,107)(H,108,109)(H,110,111)(H,71,86,93)(H,72,87,94)(H,73,88,95)(H,74,89,96)(H,75,90,97)(H,76,91,98)(H,77,92,99)(H2,112,113,141)/p-2/t36-,37-,38-,39-,40-,41-,42-,43+,44+,45+,46+,47+,48+,49+,50+,51+,52+,53+,54+,55+,56+/m0/s1. The van der Waals surface area contributed by atoms with Crippen LogP contribution in [0, 0.1) is 48.5 Å². The summed E-state index contributed by atoms with van der Waals surface area (Å²) in [5.41, 5.74) is -12.6. The average molecular weight is 2160 g/mol. The number of nitrogens with one attached hydrogen (secondary N) is 5. The van der Waals surface area contributed by atoms with Gasteiger partial charge in [0.15, 0.2) is 0 Å². The molecule has 778 valence electrons. The molecule has 63 nitrogen and oxygen atoms in total. The number of phosphoric ester groups is 6. The smallest absolute Gasteiger partial charge is 0.472 e. The van der Waals surface area contributed by atoms with Crippen LogP contribution < -0.4 is 77.8 Å². The van der Waals surface area contributed by atoms with Crippen LogP contribution in [0.5, 0.6) is 11.8 Å². The molecule has 6 unspecified atom stereocenters. The lowest BCUT2D eigenvalue weighted by molar-refractivity contribution is -0.277. The Morgan fingerprint density at radius 3 is 0.709 bits per heavy atom. The van der Waals surface area contributed by atoms with Gasteiger partial charge in [-0.1, -0.05) is 0 Å². The van der Waals surface area contributed by atoms with Gasteiger partial charge in [0.05, 0.1) is 46.2 Å². The minimum atomic E-state index is -5.81. The van der Waals surface area contributed by atoms with E-state index in [-0.39, 0.29) is 38.9 Å². The van der Waals surface area contributed by atoms with E-state index in [0.717, 1.165) is 75.3 Å². The molecule has 71 heteroatoms. The number of aryl methyl sites for hydroxylation is 7. The first kappa shape index (κ1) is 108. The predicted octanol–water partition coefficient (Wildman–Crippen LogP) is -3.83. The van der Waals surface area contributed by atoms with E-state index in [1.165, 1.54) is 48.5 Å². The molecule has 14 N–H and O–H groups in total. The van der Waals surface area contributed by atoms with Crippen molar-refractivity contribution in [1.29, 1.82) is 0 Å². The van der Waals surface area contributed by atoms with Crippen molar-refractivity contribution >= 4 is 66.3 Å². The van der Waals surface area contributed by atoms with Crippen LogP contribution in [0.25, 0.3) is 0 Å². The number of hydrogen-bond acceptors (Lipinski definition) is 46. The molecule has 0 spiro atoms. The predicted molar refractivity (Wildman–Crippen MR) is 460 cm³/mol. The average Bonchev–Trinajstić information content (AvgIpc) is 1.67. The molecule has 0 radical (unpaired) electrons. The third-order valence-electron chi connectivity index (χ3n) is 22.8. The molecule has 14 rings (SSSR count). The number of aromatic nitrogens is 14. The highest BCUT2D eigenvalue weighted by atomic mass is 32.7. The first-order chi connectivity index (χ1) is 65.8. The molecule has 7 aliphatic heterocycles. The zero-order valence-corrected chi connectivity index (χ0v) is 81.1. The molecule has 7 fully saturated rings. The minimum Gasteiger partial charge on any atom is -0.858 e. The van der Waals surface area contributed by atoms with Crippen molar-refractivity contribution in [3.63, 3.8) is 0 Å². The van der Waals surface area contributed by atoms with E-state index in [2.05, 4.69) is 27.2 Å². The van der Waals surface area contributed by atoms with E-state index < -0.39 is 354 Å². The Hall–Kier alpha value is -8.24. The minimum absolute atomic E-state index is 0.00529. The van der Waals surface area contributed by atoms with Gasteiger partial charge in [0.2, 0.25) is 0 Å². The van der Waals surface area contributed by atoms with E-state index >= 15 is 0 Å². The van der Waals surface area contributed by atoms with Crippen molar-refractivity contribution in [3.8, 4) is 11.8 Å². The molecule has 0 saturated carbocycles. The molecule has 27 atom stereocenters. The van der Waals surface area contributed by atoms with Crippen LogP contribution in [0.15, 0.2) is 101 Å². The zero-order chi connectivity index (χ0) is 103. The number of phosphoric acid groups is 6. The van der Waals surface area contributed by atoms with E-state index in [0.29, 0.717) is 0 Å². The Labute approximate surface area is 791 Å². The van der Waals surface area contributed by atoms with Crippen molar-refractivity contribution in [2.45, 2.75) is 222 Å². The number of nitrogens with zero attached hydrogens (tertiary/aromatic N) is 9. The number of H-pyrrole nitrogens is 5. The van der Waals surface area contributed by atoms with Gasteiger partial charge in [0.1, 0.15) is 129 Å². The molecule has 0 aliphatic carbocycles. The summed E-state index contributed by atoms with van der Waals surface area (Å²) in [5, 5.41) is 34.6. The maximum atomic E-state index is 14.5. The van der Waals surface area contributed by atoms with Gasteiger partial charge in [-0.15, -0.1) is 0 Å². The van der Waals surface area contributed by atoms with Crippen molar-refractivity contribution in [3.05, 3.63) is 207 Å². The number of aliphatic hydroxyl groups is 1. The Bertz CT molecular complexity index is 6970. The molecule has 7 aromatic rings. The summed E-state index contributed by atoms with van der Waals surface area (Å²) in [6.07, 6.45) is -33.0. The molecule has 0 aromatic carbocycles. The lowest BCUT2D eigenvalue weighted by Gasteiger charge is -2.26. The van der Waals surface area contributed by atoms with Gasteiger partial charge in [-0.05, 0) is 71.4 Å². The largest absolute Gasteiger partial charge is 0.858 e. The molecule has 7 aromatic heterocycles. The maximum absolute atomic E-state index is 14.5. The van der Waals surface area contributed by atoms with Crippen LogP contribution in [0.3, 0.4) is 0 Å². The van der Waals surface area contributed by atoms with Crippen LogP contribution >= 0.6 is 54.1 Å². The fraction of sp³-hybridized carbons (Fsp3) is 0.600. The zero-order valence-electron chi connectivity index (χ0n) is 74.0. The quantitative estimate of drug-likeness (QED) is 0.0129. The third-order valence-corrected chi connectivity index (χ3v) is 29.7. The van der Waals surface area contributed by atoms with Crippen molar-refractivity contribution < 1.29 is 174 Å². The summed E-state index contributed by atoms with van der Waals surface area (Å²) in [7, 11) is -38.6. The van der Waals surface area contributed by atoms with E-state index in [4.69, 9.17) is 92.0 Å². The topological polar surface area (TPSA) is 859 Å². The summed E-state index contributed by atoms with van der Waals surface area (Å²) in [5.74, 6) is -1.81. The molecule has 0 bridgehead atoms. The summed E-state index contributed by atoms with van der Waals surface area (Å²) >= 11 is 4.64. The molecular weight excluding hydrogens is 2070 g/mol. The Morgan fingerprint density at radius 2 is 0.504 bits per heavy atom. The van der Waals surface area contributed by atoms with Crippen LogP contribution in [0.4, 0.5) is 0 Å². The van der Waals surface area contributed by atoms with Crippen LogP contribution in [0.2, 0.25) is 0 Å². The molecule has 0 amide bonds. The Kier molecular flexibility index (Phi) is 33.1. The lowest BCUT2D eigenvalue weighted by atomic mass is 10.2. The highest BCUT2D eigenvalue weighted by molar-refractivity contribution is 8.35. The second kappa shape index (κ2) is 43.1. The molecule has 14 heterocycles. The van der Waals surface area contributed by atoms with E-state index in [1.807, 2.05) is 19.9 Å². The SMILES string of the molecule is Cc1cn([C@H]2C[C@H](OP(=O)(O)OC[C@H]3O[C@@H](n4cc(C)c([O-])nc4=O)C[C@@H]3OP(=O)(O)OC[C@H]3O[C@@H](n4cc(C)c(=O)[nH]c4=O)C[C@@H]3OP(=O)(O)OC[C@H]3O[C@@H](n4cc(C)c(=O)[nH]c4=O)C[C@@H]3OP(=O)(O)OC[C@H]3O[C@@H](n4cc(C)c(=O)[nH]c4=O)C[C@@H]3OP(=O)(O)OC[C@H]3O[C@@H](n4cc(C)c(=O)[nH]c4=O)C[C@@H]3OP(=O)(O)OC[C@H]3O[C@@H](n4cc(C)c(=O)[nH]c4=O)C[C@@H]3O[P+](O)(O)[S-])[C@@H](CO)O2)c(=O)nc1[O-]. The second-order valence-corrected chi connectivity index (χ2v) is 44.1. The first-order valence-electron chi connectivity index (χ1n) is 41.9. The second-order valence-electron chi connectivity index (χ2n) is 33.1. The number of rotatable bonds is 40. The Balaban J connectivity index is 0.665. The van der Waals surface area contributed by atoms with Crippen molar-refractivity contribution in [1.82, 2.24) is 66.9 Å². The number of ether oxygens (including phenoxy) is 7. The molecule has 141 heavy (non-hydrogen) atoms. The van der Waals surface area contributed by atoms with Gasteiger partial charge in [0, 0.05) is 116 Å². The van der Waals surface area contributed by atoms with Crippen LogP contribution in [-0.2, 0) is 132 Å². The van der Waals surface area contributed by atoms with Gasteiger partial charge in [-0.2, -0.15) is 4.52 Å². The lowest BCUT2D eigenvalue weighted by Crippen LogP contribution is -2.33.